The van der Waals surface area contributed by atoms with E-state index in [1.54, 1.807) is 0 Å². The zero-order valence-corrected chi connectivity index (χ0v) is 34.8. The molecule has 14 rings (SSSR count). The smallest absolute Gasteiger partial charge is 0.147 e. The Kier molecular flexibility index (Phi) is 6.93. The van der Waals surface area contributed by atoms with Crippen molar-refractivity contribution in [2.24, 2.45) is 0 Å². The Balaban J connectivity index is 0.971. The molecule has 0 amide bonds. The van der Waals surface area contributed by atoms with Gasteiger partial charge in [-0.25, -0.2) is 0 Å². The van der Waals surface area contributed by atoms with Gasteiger partial charge in [-0.1, -0.05) is 172 Å². The Morgan fingerprint density at radius 2 is 0.952 bits per heavy atom. The predicted octanol–water partition coefficient (Wildman–Crippen LogP) is 17.4. The standard InChI is InChI=1S/C61H38O2/c1-61(2)51-30-27-37(49-32-36-15-4-6-18-40(36)57-48-29-31-54-58(59(48)63-60(49)57)47-23-11-12-25-53(47)62-54)33-50(51)41-28-26-38(34-52(41)61)55-43-19-7-9-21-45(43)56(46-22-10-8-20-44(46)55)42-24-13-16-35-14-3-5-17-39(35)42/h3-34H,1-2H3. The molecule has 63 heavy (non-hydrogen) atoms. The Morgan fingerprint density at radius 1 is 0.317 bits per heavy atom. The van der Waals surface area contributed by atoms with Crippen LogP contribution in [0.2, 0.25) is 0 Å². The molecule has 0 N–H and O–H groups in total. The zero-order chi connectivity index (χ0) is 41.6. The van der Waals surface area contributed by atoms with E-state index in [9.17, 15) is 0 Å². The van der Waals surface area contributed by atoms with Crippen LogP contribution in [0.5, 0.6) is 0 Å². The molecule has 0 radical (unpaired) electrons. The maximum absolute atomic E-state index is 7.09. The van der Waals surface area contributed by atoms with Crippen LogP contribution >= 0.6 is 0 Å². The van der Waals surface area contributed by atoms with Crippen LogP contribution in [0, 0.1) is 0 Å². The minimum atomic E-state index is -0.209. The average molecular weight is 803 g/mol. The van der Waals surface area contributed by atoms with E-state index in [0.29, 0.717) is 0 Å². The van der Waals surface area contributed by atoms with Crippen LogP contribution < -0.4 is 0 Å². The summed E-state index contributed by atoms with van der Waals surface area (Å²) >= 11 is 0. The van der Waals surface area contributed by atoms with Gasteiger partial charge in [-0.3, -0.25) is 0 Å². The Hall–Kier alpha value is -7.94. The zero-order valence-electron chi connectivity index (χ0n) is 34.8. The van der Waals surface area contributed by atoms with Gasteiger partial charge in [-0.2, -0.15) is 0 Å². The van der Waals surface area contributed by atoms with Crippen molar-refractivity contribution in [3.05, 3.63) is 205 Å². The number of rotatable bonds is 3. The van der Waals surface area contributed by atoms with Crippen molar-refractivity contribution in [2.45, 2.75) is 19.3 Å². The molecule has 0 spiro atoms. The summed E-state index contributed by atoms with van der Waals surface area (Å²) in [5.74, 6) is 0. The highest BCUT2D eigenvalue weighted by molar-refractivity contribution is 6.29. The summed E-state index contributed by atoms with van der Waals surface area (Å²) in [5.41, 5.74) is 15.8. The van der Waals surface area contributed by atoms with Gasteiger partial charge in [0.1, 0.15) is 22.3 Å². The summed E-state index contributed by atoms with van der Waals surface area (Å²) in [6.45, 7) is 4.77. The maximum Gasteiger partial charge on any atom is 0.147 e. The van der Waals surface area contributed by atoms with E-state index in [0.717, 1.165) is 55.0 Å². The molecular formula is C61H38O2. The second kappa shape index (κ2) is 12.6. The average Bonchev–Trinajstić information content (AvgIpc) is 3.98. The number of furan rings is 2. The highest BCUT2D eigenvalue weighted by atomic mass is 16.3. The van der Waals surface area contributed by atoms with Crippen LogP contribution in [0.4, 0.5) is 0 Å². The number of hydrogen-bond acceptors (Lipinski definition) is 2. The summed E-state index contributed by atoms with van der Waals surface area (Å²) in [4.78, 5) is 0. The molecule has 0 atom stereocenters. The van der Waals surface area contributed by atoms with E-state index >= 15 is 0 Å². The van der Waals surface area contributed by atoms with Crippen molar-refractivity contribution >= 4 is 87.0 Å². The number of para-hydroxylation sites is 1. The lowest BCUT2D eigenvalue weighted by Gasteiger charge is -2.23. The molecule has 2 heterocycles. The van der Waals surface area contributed by atoms with E-state index in [2.05, 4.69) is 196 Å². The fourth-order valence-corrected chi connectivity index (χ4v) is 11.4. The third kappa shape index (κ3) is 4.73. The van der Waals surface area contributed by atoms with Crippen LogP contribution in [0.25, 0.3) is 131 Å². The first kappa shape index (κ1) is 34.7. The molecule has 13 aromatic rings. The monoisotopic (exact) mass is 802 g/mol. The molecule has 1 aliphatic carbocycles. The highest BCUT2D eigenvalue weighted by Gasteiger charge is 2.36. The van der Waals surface area contributed by atoms with E-state index < -0.39 is 0 Å². The number of benzene rings is 11. The molecule has 2 heteroatoms. The van der Waals surface area contributed by atoms with E-state index in [4.69, 9.17) is 8.83 Å². The summed E-state index contributed by atoms with van der Waals surface area (Å²) in [6.07, 6.45) is 0. The van der Waals surface area contributed by atoms with E-state index in [1.807, 2.05) is 12.1 Å². The quantitative estimate of drug-likeness (QED) is 0.166. The Bertz CT molecular complexity index is 4060. The molecule has 294 valence electrons. The first-order valence-electron chi connectivity index (χ1n) is 21.9. The topological polar surface area (TPSA) is 26.3 Å². The van der Waals surface area contributed by atoms with Gasteiger partial charge in [-0.15, -0.1) is 0 Å². The summed E-state index contributed by atoms with van der Waals surface area (Å²) in [7, 11) is 0. The largest absolute Gasteiger partial charge is 0.456 e. The molecule has 2 aromatic heterocycles. The van der Waals surface area contributed by atoms with E-state index in [1.165, 1.54) is 87.6 Å². The SMILES string of the molecule is CC1(C)c2ccc(-c3cc4ccccc4c4c3oc3c4ccc4oc5ccccc5c43)cc2-c2ccc(-c3c4ccccc4c(-c4cccc5ccccc45)c4ccccc34)cc21. The van der Waals surface area contributed by atoms with Crippen molar-refractivity contribution in [3.63, 3.8) is 0 Å². The summed E-state index contributed by atoms with van der Waals surface area (Å²) in [6, 6.07) is 71.3. The molecule has 0 saturated heterocycles. The molecule has 11 aromatic carbocycles. The summed E-state index contributed by atoms with van der Waals surface area (Å²) < 4.78 is 13.4. The van der Waals surface area contributed by atoms with Crippen molar-refractivity contribution < 1.29 is 8.83 Å². The fraction of sp³-hybridized carbons (Fsp3) is 0.0492. The molecule has 2 nitrogen and oxygen atoms in total. The van der Waals surface area contributed by atoms with Gasteiger partial charge in [0.2, 0.25) is 0 Å². The van der Waals surface area contributed by atoms with Crippen LogP contribution in [-0.2, 0) is 5.41 Å². The highest BCUT2D eigenvalue weighted by Crippen LogP contribution is 2.53. The minimum absolute atomic E-state index is 0.209. The summed E-state index contributed by atoms with van der Waals surface area (Å²) in [5, 5.41) is 14.3. The fourth-order valence-electron chi connectivity index (χ4n) is 11.4. The van der Waals surface area contributed by atoms with Crippen LogP contribution in [0.3, 0.4) is 0 Å². The number of hydrogen-bond donors (Lipinski definition) is 0. The first-order chi connectivity index (χ1) is 31.0. The van der Waals surface area contributed by atoms with Gasteiger partial charge >= 0.3 is 0 Å². The van der Waals surface area contributed by atoms with Crippen molar-refractivity contribution in [3.8, 4) is 44.5 Å². The lowest BCUT2D eigenvalue weighted by Crippen LogP contribution is -2.15. The third-order valence-electron chi connectivity index (χ3n) is 14.2. The molecule has 0 bridgehead atoms. The first-order valence-corrected chi connectivity index (χ1v) is 21.9. The van der Waals surface area contributed by atoms with Gasteiger partial charge in [0, 0.05) is 27.1 Å². The van der Waals surface area contributed by atoms with Gasteiger partial charge in [0.25, 0.3) is 0 Å². The lowest BCUT2D eigenvalue weighted by molar-refractivity contribution is 0.660. The molecule has 0 saturated carbocycles. The molecular weight excluding hydrogens is 765 g/mol. The van der Waals surface area contributed by atoms with E-state index in [-0.39, 0.29) is 5.41 Å². The van der Waals surface area contributed by atoms with Crippen LogP contribution in [-0.4, -0.2) is 0 Å². The van der Waals surface area contributed by atoms with Gasteiger partial charge in [-0.05, 0) is 130 Å². The Labute approximate surface area is 363 Å². The third-order valence-corrected chi connectivity index (χ3v) is 14.2. The second-order valence-electron chi connectivity index (χ2n) is 17.9. The van der Waals surface area contributed by atoms with Gasteiger partial charge in [0.15, 0.2) is 0 Å². The minimum Gasteiger partial charge on any atom is -0.456 e. The predicted molar refractivity (Wildman–Crippen MR) is 265 cm³/mol. The molecule has 0 aliphatic heterocycles. The molecule has 1 aliphatic rings. The van der Waals surface area contributed by atoms with Gasteiger partial charge in [0.05, 0.1) is 5.39 Å². The van der Waals surface area contributed by atoms with Crippen molar-refractivity contribution in [2.75, 3.05) is 0 Å². The Morgan fingerprint density at radius 3 is 1.73 bits per heavy atom. The van der Waals surface area contributed by atoms with Crippen LogP contribution in [0.15, 0.2) is 203 Å². The normalized spacial score (nSPS) is 13.4. The van der Waals surface area contributed by atoms with Crippen molar-refractivity contribution in [1.82, 2.24) is 0 Å². The maximum atomic E-state index is 7.09. The van der Waals surface area contributed by atoms with Gasteiger partial charge < -0.3 is 8.83 Å². The van der Waals surface area contributed by atoms with Crippen molar-refractivity contribution in [1.29, 1.82) is 0 Å². The molecule has 0 unspecified atom stereocenters. The van der Waals surface area contributed by atoms with Crippen LogP contribution in [0.1, 0.15) is 25.0 Å². The molecule has 0 fully saturated rings. The number of fused-ring (bicyclic) bond motifs is 15. The second-order valence-corrected chi connectivity index (χ2v) is 17.9. The lowest BCUT2D eigenvalue weighted by atomic mass is 9.80.